The molecule has 0 spiro atoms. The van der Waals surface area contributed by atoms with Gasteiger partial charge in [-0.05, 0) is 52.4 Å². The molecule has 1 heterocycles. The molecule has 2 fully saturated rings. The van der Waals surface area contributed by atoms with E-state index in [4.69, 9.17) is 10.5 Å². The van der Waals surface area contributed by atoms with Crippen LogP contribution in [0.25, 0.3) is 0 Å². The van der Waals surface area contributed by atoms with E-state index in [1.54, 1.807) is 0 Å². The predicted molar refractivity (Wildman–Crippen MR) is 80.1 cm³/mol. The van der Waals surface area contributed by atoms with E-state index < -0.39 is 0 Å². The number of nitrogens with zero attached hydrogens (tertiary/aromatic N) is 1. The Morgan fingerprint density at radius 3 is 2.00 bits per heavy atom. The third-order valence-electron chi connectivity index (χ3n) is 4.61. The highest BCUT2D eigenvalue weighted by Crippen LogP contribution is 2.36. The highest BCUT2D eigenvalue weighted by Gasteiger charge is 2.44. The fourth-order valence-electron chi connectivity index (χ4n) is 4.58. The van der Waals surface area contributed by atoms with Gasteiger partial charge in [0.2, 0.25) is 0 Å². The Balaban J connectivity index is 2.16. The topological polar surface area (TPSA) is 38.5 Å². The van der Waals surface area contributed by atoms with Crippen molar-refractivity contribution in [3.8, 4) is 0 Å². The summed E-state index contributed by atoms with van der Waals surface area (Å²) in [7, 11) is 0. The largest absolute Gasteiger partial charge is 0.367 e. The minimum atomic E-state index is -0.0791. The predicted octanol–water partition coefficient (Wildman–Crippen LogP) is 2.64. The molecular formula is C16H32N2O. The molecule has 112 valence electrons. The van der Waals surface area contributed by atoms with Gasteiger partial charge in [-0.3, -0.25) is 4.90 Å². The van der Waals surface area contributed by atoms with E-state index in [1.165, 1.54) is 6.42 Å². The van der Waals surface area contributed by atoms with Crippen LogP contribution in [0, 0.1) is 11.8 Å². The maximum absolute atomic E-state index is 6.49. The first-order valence-electron chi connectivity index (χ1n) is 7.79. The Kier molecular flexibility index (Phi) is 4.03. The van der Waals surface area contributed by atoms with E-state index >= 15 is 0 Å². The molecule has 2 N–H and O–H groups in total. The first-order chi connectivity index (χ1) is 8.60. The zero-order valence-corrected chi connectivity index (χ0v) is 13.6. The summed E-state index contributed by atoms with van der Waals surface area (Å²) in [6.07, 6.45) is 2.46. The number of morpholine rings is 1. The van der Waals surface area contributed by atoms with Crippen molar-refractivity contribution in [1.29, 1.82) is 0 Å². The van der Waals surface area contributed by atoms with Crippen molar-refractivity contribution in [2.75, 3.05) is 13.1 Å². The summed E-state index contributed by atoms with van der Waals surface area (Å²) in [5, 5.41) is 0. The SMILES string of the molecule is CC1CC(C)C(N2CC(C)(C)OC(C)(C)C2)C(N)C1. The number of rotatable bonds is 1. The van der Waals surface area contributed by atoms with Gasteiger partial charge in [0.25, 0.3) is 0 Å². The van der Waals surface area contributed by atoms with Crippen LogP contribution in [-0.4, -0.2) is 41.3 Å². The molecular weight excluding hydrogens is 236 g/mol. The summed E-state index contributed by atoms with van der Waals surface area (Å²) in [5.74, 6) is 1.45. The average Bonchev–Trinajstić information content (AvgIpc) is 2.09. The van der Waals surface area contributed by atoms with Crippen LogP contribution in [0.2, 0.25) is 0 Å². The minimum absolute atomic E-state index is 0.0791. The van der Waals surface area contributed by atoms with Gasteiger partial charge in [-0.1, -0.05) is 13.8 Å². The van der Waals surface area contributed by atoms with E-state index in [0.717, 1.165) is 25.4 Å². The van der Waals surface area contributed by atoms with E-state index in [2.05, 4.69) is 46.4 Å². The van der Waals surface area contributed by atoms with Crippen LogP contribution in [0.5, 0.6) is 0 Å². The van der Waals surface area contributed by atoms with E-state index in [0.29, 0.717) is 18.0 Å². The van der Waals surface area contributed by atoms with Gasteiger partial charge >= 0.3 is 0 Å². The second kappa shape index (κ2) is 5.01. The molecule has 4 unspecified atom stereocenters. The Morgan fingerprint density at radius 2 is 1.53 bits per heavy atom. The molecule has 0 aromatic heterocycles. The lowest BCUT2D eigenvalue weighted by atomic mass is 9.75. The molecule has 0 bridgehead atoms. The van der Waals surface area contributed by atoms with Gasteiger partial charge in [0.05, 0.1) is 11.2 Å². The third kappa shape index (κ3) is 3.50. The molecule has 0 aromatic carbocycles. The average molecular weight is 268 g/mol. The van der Waals surface area contributed by atoms with Crippen molar-refractivity contribution < 1.29 is 4.74 Å². The molecule has 2 aliphatic rings. The number of nitrogens with two attached hydrogens (primary N) is 1. The summed E-state index contributed by atoms with van der Waals surface area (Å²) in [4.78, 5) is 2.60. The quantitative estimate of drug-likeness (QED) is 0.794. The zero-order chi connectivity index (χ0) is 14.4. The van der Waals surface area contributed by atoms with Gasteiger partial charge in [-0.2, -0.15) is 0 Å². The highest BCUT2D eigenvalue weighted by atomic mass is 16.5. The molecule has 1 aliphatic carbocycles. The molecule has 19 heavy (non-hydrogen) atoms. The highest BCUT2D eigenvalue weighted by molar-refractivity contribution is 4.98. The first kappa shape index (κ1) is 15.3. The second-order valence-corrected chi connectivity index (χ2v) is 8.23. The van der Waals surface area contributed by atoms with Crippen LogP contribution >= 0.6 is 0 Å². The molecule has 1 saturated heterocycles. The molecule has 0 radical (unpaired) electrons. The zero-order valence-electron chi connectivity index (χ0n) is 13.6. The summed E-state index contributed by atoms with van der Waals surface area (Å²) in [6.45, 7) is 15.5. The van der Waals surface area contributed by atoms with Crippen LogP contribution in [0.3, 0.4) is 0 Å². The lowest BCUT2D eigenvalue weighted by molar-refractivity contribution is -0.194. The van der Waals surface area contributed by atoms with Crippen molar-refractivity contribution in [1.82, 2.24) is 4.90 Å². The van der Waals surface area contributed by atoms with Gasteiger partial charge in [0.1, 0.15) is 0 Å². The maximum atomic E-state index is 6.49. The smallest absolute Gasteiger partial charge is 0.0760 e. The number of hydrogen-bond acceptors (Lipinski definition) is 3. The Labute approximate surface area is 118 Å². The molecule has 3 nitrogen and oxygen atoms in total. The molecule has 1 aliphatic heterocycles. The molecule has 0 aromatic rings. The molecule has 0 amide bonds. The lowest BCUT2D eigenvalue weighted by Gasteiger charge is -2.53. The van der Waals surface area contributed by atoms with E-state index in [-0.39, 0.29) is 11.2 Å². The van der Waals surface area contributed by atoms with Crippen molar-refractivity contribution >= 4 is 0 Å². The fraction of sp³-hybridized carbons (Fsp3) is 1.00. The summed E-state index contributed by atoms with van der Waals surface area (Å²) < 4.78 is 6.19. The van der Waals surface area contributed by atoms with Gasteiger partial charge in [0.15, 0.2) is 0 Å². The number of hydrogen-bond donors (Lipinski definition) is 1. The van der Waals surface area contributed by atoms with Crippen molar-refractivity contribution in [2.45, 2.75) is 77.7 Å². The van der Waals surface area contributed by atoms with Crippen LogP contribution < -0.4 is 5.73 Å². The fourth-order valence-corrected chi connectivity index (χ4v) is 4.58. The Bertz CT molecular complexity index is 299. The monoisotopic (exact) mass is 268 g/mol. The van der Waals surface area contributed by atoms with Crippen LogP contribution in [0.15, 0.2) is 0 Å². The van der Waals surface area contributed by atoms with Gasteiger partial charge < -0.3 is 10.5 Å². The first-order valence-corrected chi connectivity index (χ1v) is 7.79. The van der Waals surface area contributed by atoms with Crippen LogP contribution in [0.1, 0.15) is 54.4 Å². The van der Waals surface area contributed by atoms with Crippen molar-refractivity contribution in [3.63, 3.8) is 0 Å². The lowest BCUT2D eigenvalue weighted by Crippen LogP contribution is -2.65. The summed E-state index contributed by atoms with van der Waals surface area (Å²) in [6, 6.07) is 0.821. The summed E-state index contributed by atoms with van der Waals surface area (Å²) in [5.41, 5.74) is 6.33. The molecule has 1 saturated carbocycles. The van der Waals surface area contributed by atoms with Gasteiger partial charge in [-0.25, -0.2) is 0 Å². The van der Waals surface area contributed by atoms with Crippen LogP contribution in [0.4, 0.5) is 0 Å². The maximum Gasteiger partial charge on any atom is 0.0760 e. The molecule has 4 atom stereocenters. The molecule has 2 rings (SSSR count). The number of ether oxygens (including phenoxy) is 1. The Morgan fingerprint density at radius 1 is 1.00 bits per heavy atom. The minimum Gasteiger partial charge on any atom is -0.367 e. The van der Waals surface area contributed by atoms with E-state index in [9.17, 15) is 0 Å². The standard InChI is InChI=1S/C16H32N2O/c1-11-7-12(2)14(13(17)8-11)18-9-15(3,4)19-16(5,6)10-18/h11-14H,7-10,17H2,1-6H3. The second-order valence-electron chi connectivity index (χ2n) is 8.23. The van der Waals surface area contributed by atoms with E-state index in [1.807, 2.05) is 0 Å². The summed E-state index contributed by atoms with van der Waals surface area (Å²) >= 11 is 0. The molecule has 3 heteroatoms. The Hall–Kier alpha value is -0.120. The van der Waals surface area contributed by atoms with Crippen LogP contribution in [-0.2, 0) is 4.74 Å². The van der Waals surface area contributed by atoms with Crippen molar-refractivity contribution in [3.05, 3.63) is 0 Å². The van der Waals surface area contributed by atoms with Gasteiger partial charge in [-0.15, -0.1) is 0 Å². The van der Waals surface area contributed by atoms with Gasteiger partial charge in [0, 0.05) is 25.2 Å². The van der Waals surface area contributed by atoms with Crippen molar-refractivity contribution in [2.24, 2.45) is 17.6 Å². The third-order valence-corrected chi connectivity index (χ3v) is 4.61. The normalized spacial score (nSPS) is 43.1.